The average molecular weight is 411 g/mol. The Labute approximate surface area is 171 Å². The molecule has 1 saturated heterocycles. The standard InChI is InChI=1S/C22H32F2N2O3/c1-4-28-17-5-9-22(3,10-6-17)26-11-7-16(8-12-26)25-20-13-18(23)19(24)14-21(20)29-15(2)27/h13-14,16-17,25H,4-12H2,1-3H3. The van der Waals surface area contributed by atoms with Crippen LogP contribution in [0.4, 0.5) is 14.5 Å². The van der Waals surface area contributed by atoms with Crippen LogP contribution in [0.25, 0.3) is 0 Å². The summed E-state index contributed by atoms with van der Waals surface area (Å²) in [5.41, 5.74) is 0.518. The van der Waals surface area contributed by atoms with E-state index in [4.69, 9.17) is 9.47 Å². The maximum absolute atomic E-state index is 13.7. The average Bonchev–Trinajstić information content (AvgIpc) is 2.68. The largest absolute Gasteiger partial charge is 0.424 e. The molecule has 29 heavy (non-hydrogen) atoms. The van der Waals surface area contributed by atoms with Crippen molar-refractivity contribution in [3.8, 4) is 5.75 Å². The zero-order valence-corrected chi connectivity index (χ0v) is 17.6. The minimum atomic E-state index is -1.03. The minimum Gasteiger partial charge on any atom is -0.424 e. The molecule has 162 valence electrons. The highest BCUT2D eigenvalue weighted by atomic mass is 19.2. The van der Waals surface area contributed by atoms with Crippen LogP contribution in [-0.2, 0) is 9.53 Å². The molecule has 5 nitrogen and oxygen atoms in total. The molecule has 2 fully saturated rings. The second-order valence-electron chi connectivity index (χ2n) is 8.41. The lowest BCUT2D eigenvalue weighted by atomic mass is 9.79. The summed E-state index contributed by atoms with van der Waals surface area (Å²) < 4.78 is 38.1. The molecule has 1 N–H and O–H groups in total. The number of ether oxygens (including phenoxy) is 2. The van der Waals surface area contributed by atoms with Crippen LogP contribution in [0.15, 0.2) is 12.1 Å². The Kier molecular flexibility index (Phi) is 7.11. The summed E-state index contributed by atoms with van der Waals surface area (Å²) in [7, 11) is 0. The highest BCUT2D eigenvalue weighted by Crippen LogP contribution is 2.37. The lowest BCUT2D eigenvalue weighted by Gasteiger charge is -2.48. The first-order chi connectivity index (χ1) is 13.8. The summed E-state index contributed by atoms with van der Waals surface area (Å²) in [6.45, 7) is 8.30. The molecule has 1 saturated carbocycles. The number of carbonyl (C=O) groups is 1. The first kappa shape index (κ1) is 22.0. The van der Waals surface area contributed by atoms with Gasteiger partial charge in [0, 0.05) is 50.3 Å². The molecule has 0 atom stereocenters. The van der Waals surface area contributed by atoms with Crippen molar-refractivity contribution in [1.82, 2.24) is 4.90 Å². The van der Waals surface area contributed by atoms with E-state index in [1.54, 1.807) is 0 Å². The van der Waals surface area contributed by atoms with Crippen LogP contribution in [0.3, 0.4) is 0 Å². The van der Waals surface area contributed by atoms with Crippen LogP contribution in [-0.4, -0.2) is 48.3 Å². The number of nitrogens with one attached hydrogen (secondary N) is 1. The Balaban J connectivity index is 1.58. The number of piperidine rings is 1. The molecular weight excluding hydrogens is 378 g/mol. The molecule has 0 aromatic heterocycles. The second kappa shape index (κ2) is 9.39. The number of nitrogens with zero attached hydrogens (tertiary/aromatic N) is 1. The summed E-state index contributed by atoms with van der Waals surface area (Å²) in [5.74, 6) is -2.53. The van der Waals surface area contributed by atoms with E-state index in [1.165, 1.54) is 6.92 Å². The first-order valence-corrected chi connectivity index (χ1v) is 10.6. The molecule has 1 aromatic rings. The van der Waals surface area contributed by atoms with Crippen molar-refractivity contribution in [3.63, 3.8) is 0 Å². The molecule has 7 heteroatoms. The van der Waals surface area contributed by atoms with Crippen molar-refractivity contribution in [1.29, 1.82) is 0 Å². The molecule has 2 aliphatic rings. The van der Waals surface area contributed by atoms with Gasteiger partial charge in [-0.15, -0.1) is 0 Å². The molecule has 1 aliphatic heterocycles. The molecule has 1 heterocycles. The molecule has 0 spiro atoms. The van der Waals surface area contributed by atoms with Crippen molar-refractivity contribution in [3.05, 3.63) is 23.8 Å². The van der Waals surface area contributed by atoms with Gasteiger partial charge in [-0.25, -0.2) is 8.78 Å². The Morgan fingerprint density at radius 2 is 1.79 bits per heavy atom. The SMILES string of the molecule is CCOC1CCC(C)(N2CCC(Nc3cc(F)c(F)cc3OC(C)=O)CC2)CC1. The first-order valence-electron chi connectivity index (χ1n) is 10.6. The number of carbonyl (C=O) groups excluding carboxylic acids is 1. The topological polar surface area (TPSA) is 50.8 Å². The lowest BCUT2D eigenvalue weighted by molar-refractivity contribution is -0.131. The van der Waals surface area contributed by atoms with Crippen molar-refractivity contribution in [2.24, 2.45) is 0 Å². The number of halogens is 2. The normalized spacial score (nSPS) is 26.3. The van der Waals surface area contributed by atoms with E-state index < -0.39 is 17.6 Å². The number of anilines is 1. The van der Waals surface area contributed by atoms with Crippen LogP contribution >= 0.6 is 0 Å². The second-order valence-corrected chi connectivity index (χ2v) is 8.41. The zero-order chi connectivity index (χ0) is 21.0. The number of rotatable bonds is 6. The fourth-order valence-corrected chi connectivity index (χ4v) is 4.60. The third kappa shape index (κ3) is 5.45. The number of hydrogen-bond donors (Lipinski definition) is 1. The molecule has 0 unspecified atom stereocenters. The van der Waals surface area contributed by atoms with Gasteiger partial charge in [0.2, 0.25) is 0 Å². The Bertz CT molecular complexity index is 712. The summed E-state index contributed by atoms with van der Waals surface area (Å²) in [6, 6.07) is 2.11. The number of hydrogen-bond acceptors (Lipinski definition) is 5. The van der Waals surface area contributed by atoms with Gasteiger partial charge >= 0.3 is 5.97 Å². The van der Waals surface area contributed by atoms with Crippen molar-refractivity contribution >= 4 is 11.7 Å². The molecule has 1 aliphatic carbocycles. The number of benzene rings is 1. The van der Waals surface area contributed by atoms with Gasteiger partial charge < -0.3 is 14.8 Å². The Morgan fingerprint density at radius 1 is 1.17 bits per heavy atom. The molecule has 3 rings (SSSR count). The maximum atomic E-state index is 13.7. The molecule has 1 aromatic carbocycles. The van der Waals surface area contributed by atoms with Gasteiger partial charge in [-0.05, 0) is 52.4 Å². The van der Waals surface area contributed by atoms with Crippen LogP contribution in [0.1, 0.15) is 59.3 Å². The summed E-state index contributed by atoms with van der Waals surface area (Å²) in [5, 5.41) is 3.25. The van der Waals surface area contributed by atoms with E-state index in [9.17, 15) is 13.6 Å². The fourth-order valence-electron chi connectivity index (χ4n) is 4.60. The van der Waals surface area contributed by atoms with E-state index in [0.29, 0.717) is 11.8 Å². The monoisotopic (exact) mass is 410 g/mol. The molecule has 0 bridgehead atoms. The fraction of sp³-hybridized carbons (Fsp3) is 0.682. The molecule has 0 radical (unpaired) electrons. The van der Waals surface area contributed by atoms with Crippen molar-refractivity contribution in [2.75, 3.05) is 25.0 Å². The van der Waals surface area contributed by atoms with E-state index in [2.05, 4.69) is 17.1 Å². The molecule has 0 amide bonds. The van der Waals surface area contributed by atoms with Crippen molar-refractivity contribution in [2.45, 2.75) is 77.0 Å². The highest BCUT2D eigenvalue weighted by molar-refractivity contribution is 5.72. The zero-order valence-electron chi connectivity index (χ0n) is 17.6. The maximum Gasteiger partial charge on any atom is 0.308 e. The summed E-state index contributed by atoms with van der Waals surface area (Å²) >= 11 is 0. The van der Waals surface area contributed by atoms with Gasteiger partial charge in [0.05, 0.1) is 11.8 Å². The highest BCUT2D eigenvalue weighted by Gasteiger charge is 2.38. The number of esters is 1. The van der Waals surface area contributed by atoms with Crippen LogP contribution < -0.4 is 10.1 Å². The minimum absolute atomic E-state index is 0.0278. The summed E-state index contributed by atoms with van der Waals surface area (Å²) in [4.78, 5) is 13.9. The molecular formula is C22H32F2N2O3. The lowest BCUT2D eigenvalue weighted by Crippen LogP contribution is -2.53. The van der Waals surface area contributed by atoms with Crippen LogP contribution in [0.2, 0.25) is 0 Å². The van der Waals surface area contributed by atoms with Gasteiger partial charge in [-0.3, -0.25) is 9.69 Å². The van der Waals surface area contributed by atoms with E-state index in [-0.39, 0.29) is 17.3 Å². The van der Waals surface area contributed by atoms with E-state index in [0.717, 1.165) is 70.4 Å². The Hall–Kier alpha value is -1.73. The van der Waals surface area contributed by atoms with Crippen LogP contribution in [0, 0.1) is 11.6 Å². The van der Waals surface area contributed by atoms with Gasteiger partial charge in [0.25, 0.3) is 0 Å². The van der Waals surface area contributed by atoms with Crippen LogP contribution in [0.5, 0.6) is 5.75 Å². The van der Waals surface area contributed by atoms with Gasteiger partial charge in [-0.1, -0.05) is 0 Å². The van der Waals surface area contributed by atoms with E-state index in [1.807, 2.05) is 6.92 Å². The summed E-state index contributed by atoms with van der Waals surface area (Å²) in [6.07, 6.45) is 6.64. The number of likely N-dealkylation sites (tertiary alicyclic amines) is 1. The Morgan fingerprint density at radius 3 is 2.38 bits per heavy atom. The van der Waals surface area contributed by atoms with Gasteiger partial charge in [0.15, 0.2) is 17.4 Å². The van der Waals surface area contributed by atoms with E-state index >= 15 is 0 Å². The predicted molar refractivity (Wildman–Crippen MR) is 108 cm³/mol. The third-order valence-corrected chi connectivity index (χ3v) is 6.31. The van der Waals surface area contributed by atoms with Crippen molar-refractivity contribution < 1.29 is 23.0 Å². The third-order valence-electron chi connectivity index (χ3n) is 6.31. The quantitative estimate of drug-likeness (QED) is 0.553. The van der Waals surface area contributed by atoms with Gasteiger partial charge in [-0.2, -0.15) is 0 Å². The smallest absolute Gasteiger partial charge is 0.308 e. The van der Waals surface area contributed by atoms with Gasteiger partial charge in [0.1, 0.15) is 0 Å². The predicted octanol–water partition coefficient (Wildman–Crippen LogP) is 4.50.